The number of hydrogen-bond acceptors (Lipinski definition) is 10. The number of rotatable bonds is 20. The smallest absolute Gasteiger partial charge is 0.407 e. The number of hydrogen-bond donors (Lipinski definition) is 5. The van der Waals surface area contributed by atoms with Gasteiger partial charge in [-0.25, -0.2) is 9.78 Å². The van der Waals surface area contributed by atoms with Crippen molar-refractivity contribution in [3.8, 4) is 0 Å². The Morgan fingerprint density at radius 3 is 2.38 bits per heavy atom. The number of anilines is 1. The van der Waals surface area contributed by atoms with E-state index in [-0.39, 0.29) is 48.2 Å². The first kappa shape index (κ1) is 45.2. The van der Waals surface area contributed by atoms with Gasteiger partial charge in [-0.1, -0.05) is 72.6 Å². The first-order valence-corrected chi connectivity index (χ1v) is 20.5. The summed E-state index contributed by atoms with van der Waals surface area (Å²) in [6, 6.07) is 5.24. The van der Waals surface area contributed by atoms with E-state index < -0.39 is 48.1 Å². The minimum atomic E-state index is -0.976. The van der Waals surface area contributed by atoms with Crippen LogP contribution in [0.2, 0.25) is 0 Å². The maximum absolute atomic E-state index is 14.6. The number of nitrogens with one attached hydrogen (secondary N) is 3. The number of carboxylic acids is 1. The van der Waals surface area contributed by atoms with E-state index in [0.717, 1.165) is 42.7 Å². The maximum atomic E-state index is 14.6. The largest absolute Gasteiger partial charge is 0.481 e. The molecule has 1 aliphatic rings. The molecule has 7 atom stereocenters. The fraction of sp³-hybridized carbons (Fsp3) is 0.650. The van der Waals surface area contributed by atoms with Gasteiger partial charge in [0.15, 0.2) is 6.10 Å². The van der Waals surface area contributed by atoms with Gasteiger partial charge < -0.3 is 36.4 Å². The van der Waals surface area contributed by atoms with Crippen LogP contribution in [-0.2, 0) is 25.5 Å². The SMILES string of the molecule is CCCN(C(=O)[C@@H](NC(=O)[C@H]1CCCCN1C)[C@@H](C)CC)[C@H](C[C@@H](OC(=O)NC)c1nc(C(=O)N[C@@H](Cc2ccccc2N)C[C@H](C)C(=O)O)cs1)C(C)C. The number of thiazole rings is 1. The molecule has 2 aromatic rings. The predicted octanol–water partition coefficient (Wildman–Crippen LogP) is 5.24. The zero-order chi connectivity index (χ0) is 40.8. The lowest BCUT2D eigenvalue weighted by Crippen LogP contribution is -2.58. The van der Waals surface area contributed by atoms with Crippen LogP contribution in [0.3, 0.4) is 0 Å². The average molecular weight is 786 g/mol. The standard InChI is InChI=1S/C40H63N7O7S/c1-9-18-47(38(50)34(25(5)10-2)45-36(49)31-17-13-14-19-46(31)8)32(24(3)4)22-33(54-40(53)42-7)37-44-30(23-55-37)35(48)43-28(20-26(6)39(51)52)21-27-15-11-12-16-29(27)41/h11-12,15-16,23-26,28,31-34H,9-10,13-14,17-22,41H2,1-8H3,(H,42,53)(H,43,48)(H,45,49)(H,51,52)/t25-,26-,28+,31+,32+,33+,34-/m0/s1. The molecule has 1 saturated heterocycles. The normalized spacial score (nSPS) is 17.9. The fourth-order valence-electron chi connectivity index (χ4n) is 7.07. The molecular weight excluding hydrogens is 723 g/mol. The molecule has 0 aliphatic carbocycles. The van der Waals surface area contributed by atoms with Crippen LogP contribution in [0.15, 0.2) is 29.6 Å². The summed E-state index contributed by atoms with van der Waals surface area (Å²) < 4.78 is 5.88. The van der Waals surface area contributed by atoms with Gasteiger partial charge in [0.1, 0.15) is 16.7 Å². The molecule has 0 unspecified atom stereocenters. The molecule has 1 fully saturated rings. The van der Waals surface area contributed by atoms with Gasteiger partial charge in [0.2, 0.25) is 11.8 Å². The first-order valence-electron chi connectivity index (χ1n) is 19.6. The third-order valence-electron chi connectivity index (χ3n) is 10.6. The Morgan fingerprint density at radius 2 is 1.78 bits per heavy atom. The van der Waals surface area contributed by atoms with E-state index >= 15 is 0 Å². The molecule has 0 bridgehead atoms. The lowest BCUT2D eigenvalue weighted by atomic mass is 9.92. The Labute approximate surface area is 330 Å². The predicted molar refractivity (Wildman–Crippen MR) is 215 cm³/mol. The van der Waals surface area contributed by atoms with E-state index in [4.69, 9.17) is 10.5 Å². The number of aliphatic carboxylic acids is 1. The van der Waals surface area contributed by atoms with Crippen LogP contribution in [0.5, 0.6) is 0 Å². The highest BCUT2D eigenvalue weighted by molar-refractivity contribution is 7.09. The minimum Gasteiger partial charge on any atom is -0.481 e. The number of nitrogens with zero attached hydrogens (tertiary/aromatic N) is 3. The van der Waals surface area contributed by atoms with Gasteiger partial charge in [0.25, 0.3) is 5.91 Å². The van der Waals surface area contributed by atoms with Crippen LogP contribution in [0.1, 0.15) is 114 Å². The van der Waals surface area contributed by atoms with E-state index in [9.17, 15) is 29.1 Å². The number of amides is 4. The van der Waals surface area contributed by atoms with Crippen molar-refractivity contribution >= 4 is 46.8 Å². The lowest BCUT2D eigenvalue weighted by Gasteiger charge is -2.40. The van der Waals surface area contributed by atoms with E-state index in [1.807, 2.05) is 58.7 Å². The molecule has 6 N–H and O–H groups in total. The molecule has 14 nitrogen and oxygen atoms in total. The summed E-state index contributed by atoms with van der Waals surface area (Å²) in [6.07, 6.45) is 3.18. The quantitative estimate of drug-likeness (QED) is 0.111. The van der Waals surface area contributed by atoms with E-state index in [0.29, 0.717) is 36.5 Å². The number of ether oxygens (including phenoxy) is 1. The summed E-state index contributed by atoms with van der Waals surface area (Å²) in [5, 5.41) is 20.1. The van der Waals surface area contributed by atoms with Crippen LogP contribution >= 0.6 is 11.3 Å². The molecule has 0 radical (unpaired) electrons. The third kappa shape index (κ3) is 12.9. The van der Waals surface area contributed by atoms with Crippen molar-refractivity contribution in [2.75, 3.05) is 32.9 Å². The molecule has 1 aliphatic heterocycles. The molecule has 0 spiro atoms. The highest BCUT2D eigenvalue weighted by atomic mass is 32.1. The number of nitrogen functional groups attached to an aromatic ring is 1. The monoisotopic (exact) mass is 785 g/mol. The number of benzene rings is 1. The topological polar surface area (TPSA) is 196 Å². The number of likely N-dealkylation sites (tertiary alicyclic amines) is 1. The molecule has 1 aromatic heterocycles. The number of carboxylic acid groups (broad SMARTS) is 1. The molecular formula is C40H63N7O7S. The van der Waals surface area contributed by atoms with Crippen molar-refractivity contribution in [3.05, 3.63) is 45.9 Å². The van der Waals surface area contributed by atoms with Crippen molar-refractivity contribution in [1.82, 2.24) is 30.7 Å². The van der Waals surface area contributed by atoms with Crippen LogP contribution in [0.4, 0.5) is 10.5 Å². The molecule has 306 valence electrons. The highest BCUT2D eigenvalue weighted by Gasteiger charge is 2.38. The molecule has 4 amide bonds. The van der Waals surface area contributed by atoms with Gasteiger partial charge in [-0.05, 0) is 69.2 Å². The summed E-state index contributed by atoms with van der Waals surface area (Å²) in [5.41, 5.74) is 7.59. The van der Waals surface area contributed by atoms with Gasteiger partial charge in [-0.3, -0.25) is 24.1 Å². The number of likely N-dealkylation sites (N-methyl/N-ethyl adjacent to an activating group) is 1. The van der Waals surface area contributed by atoms with Crippen LogP contribution in [-0.4, -0.2) is 101 Å². The third-order valence-corrected chi connectivity index (χ3v) is 11.6. The number of alkyl carbamates (subject to hydrolysis) is 1. The van der Waals surface area contributed by atoms with E-state index in [1.54, 1.807) is 24.4 Å². The Hall–Kier alpha value is -4.24. The summed E-state index contributed by atoms with van der Waals surface area (Å²) in [5.74, 6) is -2.73. The number of carbonyl (C=O) groups excluding carboxylic acids is 4. The Balaban J connectivity index is 1.91. The Kier molecular flexibility index (Phi) is 17.9. The Morgan fingerprint density at radius 1 is 1.07 bits per heavy atom. The zero-order valence-electron chi connectivity index (χ0n) is 33.8. The van der Waals surface area contributed by atoms with Crippen LogP contribution < -0.4 is 21.7 Å². The molecule has 15 heteroatoms. The second-order valence-corrected chi connectivity index (χ2v) is 16.1. The van der Waals surface area contributed by atoms with Gasteiger partial charge in [0.05, 0.1) is 12.0 Å². The first-order chi connectivity index (χ1) is 26.1. The molecule has 0 saturated carbocycles. The second-order valence-electron chi connectivity index (χ2n) is 15.2. The zero-order valence-corrected chi connectivity index (χ0v) is 34.6. The maximum Gasteiger partial charge on any atom is 0.407 e. The molecule has 1 aromatic carbocycles. The summed E-state index contributed by atoms with van der Waals surface area (Å²) in [6.45, 7) is 12.8. The van der Waals surface area contributed by atoms with Crippen LogP contribution in [0, 0.1) is 17.8 Å². The van der Waals surface area contributed by atoms with Crippen molar-refractivity contribution in [2.24, 2.45) is 17.8 Å². The molecule has 2 heterocycles. The van der Waals surface area contributed by atoms with Crippen molar-refractivity contribution in [3.63, 3.8) is 0 Å². The lowest BCUT2D eigenvalue weighted by molar-refractivity contribution is -0.143. The van der Waals surface area contributed by atoms with Gasteiger partial charge >= 0.3 is 12.1 Å². The molecule has 55 heavy (non-hydrogen) atoms. The summed E-state index contributed by atoms with van der Waals surface area (Å²) >= 11 is 1.16. The van der Waals surface area contributed by atoms with Gasteiger partial charge in [-0.15, -0.1) is 11.3 Å². The highest BCUT2D eigenvalue weighted by Crippen LogP contribution is 2.32. The van der Waals surface area contributed by atoms with Crippen molar-refractivity contribution in [2.45, 2.75) is 123 Å². The summed E-state index contributed by atoms with van der Waals surface area (Å²) in [4.78, 5) is 74.8. The minimum absolute atomic E-state index is 0.0748. The Bertz CT molecular complexity index is 1590. The number of nitrogens with two attached hydrogens (primary N) is 1. The number of carbonyl (C=O) groups is 5. The fourth-order valence-corrected chi connectivity index (χ4v) is 7.91. The van der Waals surface area contributed by atoms with Crippen molar-refractivity contribution in [1.29, 1.82) is 0 Å². The average Bonchev–Trinajstić information content (AvgIpc) is 3.65. The number of para-hydroxylation sites is 1. The second kappa shape index (κ2) is 21.7. The van der Waals surface area contributed by atoms with E-state index in [2.05, 4.69) is 25.8 Å². The number of aromatic nitrogens is 1. The molecule has 3 rings (SSSR count). The summed E-state index contributed by atoms with van der Waals surface area (Å²) in [7, 11) is 3.40. The van der Waals surface area contributed by atoms with Gasteiger partial charge in [0, 0.05) is 43.2 Å². The number of piperidine rings is 1. The van der Waals surface area contributed by atoms with Gasteiger partial charge in [-0.2, -0.15) is 0 Å². The van der Waals surface area contributed by atoms with Crippen LogP contribution in [0.25, 0.3) is 0 Å². The van der Waals surface area contributed by atoms with Crippen molar-refractivity contribution < 1.29 is 33.8 Å². The van der Waals surface area contributed by atoms with E-state index in [1.165, 1.54) is 7.05 Å².